The van der Waals surface area contributed by atoms with E-state index in [2.05, 4.69) is 20.8 Å². The molecule has 16 heavy (non-hydrogen) atoms. The summed E-state index contributed by atoms with van der Waals surface area (Å²) in [6, 6.07) is 1.09. The largest absolute Gasteiger partial charge is 0.397 e. The number of nitrogens with one attached hydrogen (secondary N) is 1. The maximum Gasteiger partial charge on any atom is 0.321 e. The van der Waals surface area contributed by atoms with Gasteiger partial charge in [-0.15, -0.1) is 0 Å². The first-order chi connectivity index (χ1) is 7.76. The number of isocyanates is 1. The van der Waals surface area contributed by atoms with Crippen molar-refractivity contribution in [3.8, 4) is 0 Å². The average Bonchev–Trinajstić information content (AvgIpc) is 2.28. The summed E-state index contributed by atoms with van der Waals surface area (Å²) in [5, 5.41) is 5.40. The van der Waals surface area contributed by atoms with Crippen molar-refractivity contribution in [2.75, 3.05) is 13.2 Å². The molecule has 0 aliphatic rings. The first kappa shape index (κ1) is 17.9. The molecule has 0 rings (SSSR count). The van der Waals surface area contributed by atoms with Gasteiger partial charge in [0.1, 0.15) is 0 Å². The van der Waals surface area contributed by atoms with Crippen molar-refractivity contribution in [2.45, 2.75) is 52.5 Å². The van der Waals surface area contributed by atoms with Crippen LogP contribution in [0.1, 0.15) is 46.5 Å². The molecule has 4 nitrogen and oxygen atoms in total. The first-order valence-electron chi connectivity index (χ1n) is 6.03. The molecule has 0 fully saturated rings. The zero-order valence-electron chi connectivity index (χ0n) is 10.8. The summed E-state index contributed by atoms with van der Waals surface area (Å²) in [5.41, 5.74) is 0. The van der Waals surface area contributed by atoms with Crippen LogP contribution in [0, 0.1) is 5.41 Å². The molecule has 0 unspecified atom stereocenters. The van der Waals surface area contributed by atoms with Gasteiger partial charge in [-0.25, -0.2) is 10.2 Å². The van der Waals surface area contributed by atoms with Crippen molar-refractivity contribution in [3.63, 3.8) is 0 Å². The lowest BCUT2D eigenvalue weighted by Gasteiger charge is -2.14. The molecule has 0 spiro atoms. The molecule has 5 heteroatoms. The van der Waals surface area contributed by atoms with E-state index in [1.54, 1.807) is 0 Å². The molecule has 0 amide bonds. The molecule has 0 aliphatic carbocycles. The van der Waals surface area contributed by atoms with E-state index in [0.29, 0.717) is 0 Å². The molecule has 0 saturated heterocycles. The molecule has 0 bridgehead atoms. The van der Waals surface area contributed by atoms with Crippen LogP contribution in [0.5, 0.6) is 0 Å². The molecular formula is C11H25NO3Si. The fraction of sp³-hybridized carbons (Fsp3) is 0.909. The van der Waals surface area contributed by atoms with E-state index in [-0.39, 0.29) is 0 Å². The van der Waals surface area contributed by atoms with Crippen LogP contribution in [0.3, 0.4) is 0 Å². The Morgan fingerprint density at radius 2 is 1.44 bits per heavy atom. The van der Waals surface area contributed by atoms with Gasteiger partial charge in [0.15, 0.2) is 0 Å². The summed E-state index contributed by atoms with van der Waals surface area (Å²) >= 11 is 0. The Morgan fingerprint density at radius 1 is 1.06 bits per heavy atom. The third kappa shape index (κ3) is 16.0. The van der Waals surface area contributed by atoms with Crippen molar-refractivity contribution in [3.05, 3.63) is 0 Å². The second-order valence-corrected chi connectivity index (χ2v) is 5.73. The van der Waals surface area contributed by atoms with E-state index in [1.807, 2.05) is 0 Å². The minimum Gasteiger partial charge on any atom is -0.397 e. The SMILES string of the molecule is CCCCO[SiH](CC)OCCCC.N=C=O. The normalized spacial score (nSPS) is 9.50. The summed E-state index contributed by atoms with van der Waals surface area (Å²) < 4.78 is 11.4. The smallest absolute Gasteiger partial charge is 0.321 e. The topological polar surface area (TPSA) is 59.4 Å². The highest BCUT2D eigenvalue weighted by atomic mass is 28.3. The van der Waals surface area contributed by atoms with Gasteiger partial charge in [-0.2, -0.15) is 0 Å². The molecule has 96 valence electrons. The highest BCUT2D eigenvalue weighted by Gasteiger charge is 2.08. The summed E-state index contributed by atoms with van der Waals surface area (Å²) in [6.45, 7) is 8.32. The van der Waals surface area contributed by atoms with E-state index in [1.165, 1.54) is 25.7 Å². The van der Waals surface area contributed by atoms with Gasteiger partial charge in [0.05, 0.1) is 0 Å². The van der Waals surface area contributed by atoms with Crippen molar-refractivity contribution < 1.29 is 13.6 Å². The number of hydrogen-bond donors (Lipinski definition) is 1. The van der Waals surface area contributed by atoms with Crippen molar-refractivity contribution in [1.29, 1.82) is 5.41 Å². The number of unbranched alkanes of at least 4 members (excludes halogenated alkanes) is 2. The van der Waals surface area contributed by atoms with Crippen LogP contribution in [0.4, 0.5) is 0 Å². The molecule has 0 saturated carbocycles. The van der Waals surface area contributed by atoms with Crippen molar-refractivity contribution in [2.24, 2.45) is 0 Å². The highest BCUT2D eigenvalue weighted by molar-refractivity contribution is 6.44. The third-order valence-electron chi connectivity index (χ3n) is 1.94. The lowest BCUT2D eigenvalue weighted by molar-refractivity contribution is 0.192. The minimum absolute atomic E-state index is 0.750. The van der Waals surface area contributed by atoms with E-state index in [9.17, 15) is 0 Å². The number of hydrogen-bond acceptors (Lipinski definition) is 4. The quantitative estimate of drug-likeness (QED) is 0.295. The van der Waals surface area contributed by atoms with Gasteiger partial charge in [0.25, 0.3) is 0 Å². The zero-order valence-corrected chi connectivity index (χ0v) is 11.9. The summed E-state index contributed by atoms with van der Waals surface area (Å²) in [4.78, 5) is 8.35. The van der Waals surface area contributed by atoms with Gasteiger partial charge in [-0.1, -0.05) is 33.6 Å². The van der Waals surface area contributed by atoms with Crippen LogP contribution < -0.4 is 0 Å². The molecule has 0 radical (unpaired) electrons. The predicted octanol–water partition coefficient (Wildman–Crippen LogP) is 2.76. The molecule has 1 N–H and O–H groups in total. The molecular weight excluding hydrogens is 222 g/mol. The van der Waals surface area contributed by atoms with Crippen molar-refractivity contribution in [1.82, 2.24) is 0 Å². The lowest BCUT2D eigenvalue weighted by atomic mass is 10.4. The Kier molecular flexibility index (Phi) is 18.9. The van der Waals surface area contributed by atoms with Crippen LogP contribution in [-0.4, -0.2) is 28.6 Å². The number of carbonyl (C=O) groups excluding carboxylic acids is 1. The second-order valence-electron chi connectivity index (χ2n) is 3.39. The predicted molar refractivity (Wildman–Crippen MR) is 67.8 cm³/mol. The standard InChI is InChI=1S/C10H24O2Si.CHNO/c1-4-7-9-11-13(6-3)12-10-8-5-2;2-1-3/h13H,4-10H2,1-3H3;2H. The Labute approximate surface area is 101 Å². The number of rotatable bonds is 9. The van der Waals surface area contributed by atoms with E-state index < -0.39 is 9.28 Å². The van der Waals surface area contributed by atoms with Gasteiger partial charge >= 0.3 is 9.28 Å². The van der Waals surface area contributed by atoms with E-state index >= 15 is 0 Å². The van der Waals surface area contributed by atoms with Gasteiger partial charge < -0.3 is 8.85 Å². The van der Waals surface area contributed by atoms with Crippen LogP contribution in [-0.2, 0) is 13.6 Å². The average molecular weight is 247 g/mol. The zero-order chi connectivity index (χ0) is 12.6. The lowest BCUT2D eigenvalue weighted by Crippen LogP contribution is -2.22. The Hall–Kier alpha value is -0.483. The molecule has 0 aromatic heterocycles. The van der Waals surface area contributed by atoms with E-state index in [4.69, 9.17) is 19.1 Å². The fourth-order valence-electron chi connectivity index (χ4n) is 1.00. The minimum atomic E-state index is -1.28. The molecule has 0 heterocycles. The van der Waals surface area contributed by atoms with Gasteiger partial charge in [0, 0.05) is 13.2 Å². The Bertz CT molecular complexity index is 151. The molecule has 0 aliphatic heterocycles. The van der Waals surface area contributed by atoms with Crippen LogP contribution >= 0.6 is 0 Å². The molecule has 0 atom stereocenters. The first-order valence-corrected chi connectivity index (χ1v) is 7.79. The van der Waals surface area contributed by atoms with Crippen LogP contribution in [0.2, 0.25) is 6.04 Å². The second kappa shape index (κ2) is 16.9. The Morgan fingerprint density at radius 3 is 1.69 bits per heavy atom. The summed E-state index contributed by atoms with van der Waals surface area (Å²) in [5.74, 6) is 0. The highest BCUT2D eigenvalue weighted by Crippen LogP contribution is 2.00. The van der Waals surface area contributed by atoms with Crippen LogP contribution in [0.25, 0.3) is 0 Å². The summed E-state index contributed by atoms with van der Waals surface area (Å²) in [7, 11) is -1.28. The fourth-order valence-corrected chi connectivity index (χ4v) is 2.43. The van der Waals surface area contributed by atoms with Gasteiger partial charge in [-0.3, -0.25) is 0 Å². The van der Waals surface area contributed by atoms with Crippen LogP contribution in [0.15, 0.2) is 0 Å². The molecule has 0 aromatic rings. The van der Waals surface area contributed by atoms with Gasteiger partial charge in [0.2, 0.25) is 6.08 Å². The van der Waals surface area contributed by atoms with Crippen molar-refractivity contribution >= 4 is 15.4 Å². The van der Waals surface area contributed by atoms with Gasteiger partial charge in [-0.05, 0) is 18.9 Å². The monoisotopic (exact) mass is 247 g/mol. The van der Waals surface area contributed by atoms with E-state index in [0.717, 1.165) is 25.3 Å². The Balaban J connectivity index is 0. The maximum atomic E-state index is 8.35. The summed E-state index contributed by atoms with van der Waals surface area (Å²) in [6.07, 6.45) is 5.50. The third-order valence-corrected chi connectivity index (χ3v) is 3.82. The maximum absolute atomic E-state index is 8.35. The molecule has 0 aromatic carbocycles.